The molecule has 1 aromatic rings. The van der Waals surface area contributed by atoms with E-state index in [-0.39, 0.29) is 6.04 Å². The van der Waals surface area contributed by atoms with Crippen LogP contribution in [0.2, 0.25) is 0 Å². The quantitative estimate of drug-likeness (QED) is 0.840. The van der Waals surface area contributed by atoms with Crippen molar-refractivity contribution in [3.05, 3.63) is 17.0 Å². The minimum absolute atomic E-state index is 0.0982. The molecular formula is C14H24N4. The van der Waals surface area contributed by atoms with Gasteiger partial charge in [-0.25, -0.2) is 0 Å². The molecular weight excluding hydrogens is 224 g/mol. The maximum absolute atomic E-state index is 9.09. The molecule has 0 aliphatic rings. The maximum atomic E-state index is 9.09. The molecule has 1 atom stereocenters. The Bertz CT molecular complexity index is 426. The lowest BCUT2D eigenvalue weighted by Crippen LogP contribution is -2.34. The summed E-state index contributed by atoms with van der Waals surface area (Å²) in [5, 5.41) is 16.9. The van der Waals surface area contributed by atoms with Crippen LogP contribution in [0.4, 0.5) is 0 Å². The fourth-order valence-electron chi connectivity index (χ4n) is 2.30. The normalized spacial score (nSPS) is 12.7. The van der Waals surface area contributed by atoms with Gasteiger partial charge in [-0.1, -0.05) is 6.92 Å². The summed E-state index contributed by atoms with van der Waals surface area (Å²) in [5.74, 6) is 0. The second-order valence-corrected chi connectivity index (χ2v) is 5.02. The Balaban J connectivity index is 2.66. The second kappa shape index (κ2) is 6.55. The number of aryl methyl sites for hydroxylation is 2. The van der Waals surface area contributed by atoms with Gasteiger partial charge >= 0.3 is 0 Å². The Morgan fingerprint density at radius 3 is 2.50 bits per heavy atom. The summed E-state index contributed by atoms with van der Waals surface area (Å²) in [7, 11) is 0. The summed E-state index contributed by atoms with van der Waals surface area (Å²) in [6, 6.07) is 2.54. The van der Waals surface area contributed by atoms with Gasteiger partial charge in [0.25, 0.3) is 0 Å². The van der Waals surface area contributed by atoms with E-state index in [1.807, 2.05) is 4.68 Å². The third kappa shape index (κ3) is 3.58. The number of hydrogen-bond acceptors (Lipinski definition) is 3. The first kappa shape index (κ1) is 14.7. The number of rotatable bonds is 6. The largest absolute Gasteiger partial charge is 0.300 e. The van der Waals surface area contributed by atoms with Crippen LogP contribution in [0, 0.1) is 25.2 Å². The van der Waals surface area contributed by atoms with E-state index in [1.54, 1.807) is 0 Å². The zero-order valence-electron chi connectivity index (χ0n) is 12.1. The molecule has 100 valence electrons. The minimum atomic E-state index is -0.0982. The van der Waals surface area contributed by atoms with E-state index >= 15 is 0 Å². The van der Waals surface area contributed by atoms with E-state index < -0.39 is 0 Å². The van der Waals surface area contributed by atoms with Crippen molar-refractivity contribution in [2.75, 3.05) is 0 Å². The molecule has 0 aliphatic heterocycles. The van der Waals surface area contributed by atoms with Crippen molar-refractivity contribution < 1.29 is 0 Å². The molecule has 1 heterocycles. The highest BCUT2D eigenvalue weighted by molar-refractivity contribution is 5.24. The van der Waals surface area contributed by atoms with Gasteiger partial charge in [-0.15, -0.1) is 0 Å². The Morgan fingerprint density at radius 2 is 2.06 bits per heavy atom. The van der Waals surface area contributed by atoms with Gasteiger partial charge in [-0.2, -0.15) is 10.4 Å². The highest BCUT2D eigenvalue weighted by Crippen LogP contribution is 2.14. The van der Waals surface area contributed by atoms with Crippen molar-refractivity contribution in [2.45, 2.75) is 66.1 Å². The van der Waals surface area contributed by atoms with Gasteiger partial charge < -0.3 is 0 Å². The predicted molar refractivity (Wildman–Crippen MR) is 73.4 cm³/mol. The zero-order chi connectivity index (χ0) is 13.7. The van der Waals surface area contributed by atoms with Crippen molar-refractivity contribution in [3.63, 3.8) is 0 Å². The van der Waals surface area contributed by atoms with Crippen LogP contribution >= 0.6 is 0 Å². The average molecular weight is 248 g/mol. The van der Waals surface area contributed by atoms with Crippen LogP contribution in [0.15, 0.2) is 0 Å². The van der Waals surface area contributed by atoms with Crippen molar-refractivity contribution in [2.24, 2.45) is 0 Å². The van der Waals surface area contributed by atoms with E-state index in [4.69, 9.17) is 5.26 Å². The zero-order valence-corrected chi connectivity index (χ0v) is 12.1. The first-order valence-electron chi connectivity index (χ1n) is 6.68. The molecule has 1 rings (SSSR count). The van der Waals surface area contributed by atoms with Gasteiger partial charge in [-0.05, 0) is 46.1 Å². The third-order valence-electron chi connectivity index (χ3n) is 3.20. The molecule has 1 unspecified atom stereocenters. The van der Waals surface area contributed by atoms with Gasteiger partial charge in [0.05, 0.1) is 17.8 Å². The summed E-state index contributed by atoms with van der Waals surface area (Å²) in [5.41, 5.74) is 3.68. The lowest BCUT2D eigenvalue weighted by Gasteiger charge is -2.14. The molecule has 1 aromatic heterocycles. The van der Waals surface area contributed by atoms with Crippen molar-refractivity contribution in [1.29, 1.82) is 5.26 Å². The molecule has 18 heavy (non-hydrogen) atoms. The van der Waals surface area contributed by atoms with Gasteiger partial charge in [0.15, 0.2) is 0 Å². The SMILES string of the molecule is CCc1c(C)nn(CCC(C#N)NC(C)C)c1C. The third-order valence-corrected chi connectivity index (χ3v) is 3.20. The summed E-state index contributed by atoms with van der Waals surface area (Å²) >= 11 is 0. The van der Waals surface area contributed by atoms with Crippen molar-refractivity contribution in [1.82, 2.24) is 15.1 Å². The number of nitriles is 1. The van der Waals surface area contributed by atoms with Gasteiger partial charge in [-0.3, -0.25) is 10.00 Å². The predicted octanol–water partition coefficient (Wildman–Crippen LogP) is 2.34. The fourth-order valence-corrected chi connectivity index (χ4v) is 2.30. The molecule has 0 spiro atoms. The van der Waals surface area contributed by atoms with Crippen LogP contribution in [0.1, 0.15) is 44.1 Å². The Kier molecular flexibility index (Phi) is 5.36. The van der Waals surface area contributed by atoms with Crippen LogP contribution in [-0.2, 0) is 13.0 Å². The molecule has 0 saturated heterocycles. The Hall–Kier alpha value is -1.34. The molecule has 4 nitrogen and oxygen atoms in total. The van der Waals surface area contributed by atoms with E-state index in [1.165, 1.54) is 11.3 Å². The van der Waals surface area contributed by atoms with E-state index in [0.29, 0.717) is 6.04 Å². The molecule has 0 fully saturated rings. The number of nitrogens with one attached hydrogen (secondary N) is 1. The van der Waals surface area contributed by atoms with Gasteiger partial charge in [0.1, 0.15) is 0 Å². The Labute approximate surface area is 110 Å². The lowest BCUT2D eigenvalue weighted by molar-refractivity contribution is 0.457. The maximum Gasteiger partial charge on any atom is 0.0972 e. The number of nitrogens with zero attached hydrogens (tertiary/aromatic N) is 3. The number of hydrogen-bond donors (Lipinski definition) is 1. The average Bonchev–Trinajstić information content (AvgIpc) is 2.59. The van der Waals surface area contributed by atoms with Crippen LogP contribution in [0.25, 0.3) is 0 Å². The van der Waals surface area contributed by atoms with Crippen molar-refractivity contribution in [3.8, 4) is 6.07 Å². The molecule has 0 amide bonds. The van der Waals surface area contributed by atoms with Gasteiger partial charge in [0.2, 0.25) is 0 Å². The molecule has 0 aromatic carbocycles. The summed E-state index contributed by atoms with van der Waals surface area (Å²) in [6.07, 6.45) is 1.81. The van der Waals surface area contributed by atoms with Crippen LogP contribution in [0.3, 0.4) is 0 Å². The topological polar surface area (TPSA) is 53.6 Å². The van der Waals surface area contributed by atoms with Crippen molar-refractivity contribution >= 4 is 0 Å². The standard InChI is InChI=1S/C14H24N4/c1-6-14-11(4)17-18(12(14)5)8-7-13(9-15)16-10(2)3/h10,13,16H,6-8H2,1-5H3. The molecule has 0 radical (unpaired) electrons. The highest BCUT2D eigenvalue weighted by atomic mass is 15.3. The highest BCUT2D eigenvalue weighted by Gasteiger charge is 2.12. The number of aromatic nitrogens is 2. The van der Waals surface area contributed by atoms with Gasteiger partial charge in [0, 0.05) is 18.3 Å². The molecule has 0 bridgehead atoms. The summed E-state index contributed by atoms with van der Waals surface area (Å²) in [6.45, 7) is 11.2. The van der Waals surface area contributed by atoms with E-state index in [9.17, 15) is 0 Å². The smallest absolute Gasteiger partial charge is 0.0972 e. The minimum Gasteiger partial charge on any atom is -0.300 e. The lowest BCUT2D eigenvalue weighted by atomic mass is 10.1. The second-order valence-electron chi connectivity index (χ2n) is 5.02. The monoisotopic (exact) mass is 248 g/mol. The van der Waals surface area contributed by atoms with E-state index in [2.05, 4.69) is 51.1 Å². The Morgan fingerprint density at radius 1 is 1.39 bits per heavy atom. The van der Waals surface area contributed by atoms with Crippen LogP contribution in [-0.4, -0.2) is 21.9 Å². The molecule has 4 heteroatoms. The van der Waals surface area contributed by atoms with Crippen LogP contribution < -0.4 is 5.32 Å². The fraction of sp³-hybridized carbons (Fsp3) is 0.714. The summed E-state index contributed by atoms with van der Waals surface area (Å²) in [4.78, 5) is 0. The molecule has 0 saturated carbocycles. The molecule has 1 N–H and O–H groups in total. The molecule has 0 aliphatic carbocycles. The first-order valence-corrected chi connectivity index (χ1v) is 6.68. The van der Waals surface area contributed by atoms with E-state index in [0.717, 1.165) is 25.1 Å². The van der Waals surface area contributed by atoms with Crippen LogP contribution in [0.5, 0.6) is 0 Å². The first-order chi connectivity index (χ1) is 8.49. The summed E-state index contributed by atoms with van der Waals surface area (Å²) < 4.78 is 2.03.